The van der Waals surface area contributed by atoms with E-state index in [1.807, 2.05) is 39.8 Å². The Kier molecular flexibility index (Phi) is 6.17. The van der Waals surface area contributed by atoms with Crippen LogP contribution >= 0.6 is 0 Å². The average Bonchev–Trinajstić information content (AvgIpc) is 2.43. The van der Waals surface area contributed by atoms with Crippen LogP contribution in [0.15, 0.2) is 24.3 Å². The van der Waals surface area contributed by atoms with Gasteiger partial charge in [-0.2, -0.15) is 0 Å². The zero-order valence-electron chi connectivity index (χ0n) is 12.8. The topological polar surface area (TPSA) is 58.6 Å². The highest BCUT2D eigenvalue weighted by molar-refractivity contribution is 5.94. The van der Waals surface area contributed by atoms with E-state index in [-0.39, 0.29) is 24.0 Å². The van der Waals surface area contributed by atoms with Crippen LogP contribution in [0.1, 0.15) is 43.6 Å². The third-order valence-electron chi connectivity index (χ3n) is 2.95. The molecule has 0 aliphatic rings. The van der Waals surface area contributed by atoms with Gasteiger partial charge in [-0.3, -0.25) is 4.79 Å². The first-order valence-electron chi connectivity index (χ1n) is 6.94. The van der Waals surface area contributed by atoms with E-state index in [2.05, 4.69) is 5.32 Å². The molecule has 4 heteroatoms. The van der Waals surface area contributed by atoms with E-state index >= 15 is 0 Å². The summed E-state index contributed by atoms with van der Waals surface area (Å²) in [6.45, 7) is 8.82. The lowest BCUT2D eigenvalue weighted by Gasteiger charge is -2.21. The molecule has 0 saturated heterocycles. The summed E-state index contributed by atoms with van der Waals surface area (Å²) in [6, 6.07) is 7.38. The van der Waals surface area contributed by atoms with E-state index in [9.17, 15) is 4.79 Å². The molecule has 1 rings (SSSR count). The zero-order chi connectivity index (χ0) is 15.2. The quantitative estimate of drug-likeness (QED) is 0.805. The van der Waals surface area contributed by atoms with Crippen LogP contribution in [0.25, 0.3) is 0 Å². The molecule has 0 radical (unpaired) electrons. The predicted octanol–water partition coefficient (Wildman–Crippen LogP) is 2.36. The van der Waals surface area contributed by atoms with E-state index in [1.165, 1.54) is 0 Å². The molecule has 1 amide bonds. The van der Waals surface area contributed by atoms with Crippen molar-refractivity contribution in [2.24, 2.45) is 5.41 Å². The second-order valence-electron chi connectivity index (χ2n) is 6.06. The standard InChI is InChI=1S/C16H25NO3/c1-12(2)20-9-13-5-7-14(8-6-13)15(19)17-10-16(3,4)11-18/h5-8,12,18H,9-11H2,1-4H3,(H,17,19). The molecule has 0 fully saturated rings. The van der Waals surface area contributed by atoms with Crippen molar-refractivity contribution < 1.29 is 14.6 Å². The van der Waals surface area contributed by atoms with Crippen LogP contribution in [0, 0.1) is 5.41 Å². The molecule has 112 valence electrons. The van der Waals surface area contributed by atoms with Crippen LogP contribution in [-0.2, 0) is 11.3 Å². The normalized spacial score (nSPS) is 11.7. The zero-order valence-corrected chi connectivity index (χ0v) is 12.8. The second-order valence-corrected chi connectivity index (χ2v) is 6.06. The number of amides is 1. The Morgan fingerprint density at radius 1 is 1.30 bits per heavy atom. The molecule has 0 aliphatic heterocycles. The van der Waals surface area contributed by atoms with Crippen LogP contribution in [0.2, 0.25) is 0 Å². The molecule has 2 N–H and O–H groups in total. The number of carbonyl (C=O) groups excluding carboxylic acids is 1. The fourth-order valence-corrected chi connectivity index (χ4v) is 1.49. The largest absolute Gasteiger partial charge is 0.396 e. The molecule has 0 aliphatic carbocycles. The van der Waals surface area contributed by atoms with E-state index < -0.39 is 0 Å². The van der Waals surface area contributed by atoms with Gasteiger partial charge in [0.25, 0.3) is 5.91 Å². The van der Waals surface area contributed by atoms with Gasteiger partial charge in [0.1, 0.15) is 0 Å². The van der Waals surface area contributed by atoms with Crippen molar-refractivity contribution in [3.63, 3.8) is 0 Å². The van der Waals surface area contributed by atoms with Crippen molar-refractivity contribution >= 4 is 5.91 Å². The number of aliphatic hydroxyl groups is 1. The Hall–Kier alpha value is -1.39. The lowest BCUT2D eigenvalue weighted by molar-refractivity contribution is 0.0656. The second kappa shape index (κ2) is 7.41. The molecule has 0 bridgehead atoms. The number of hydrogen-bond donors (Lipinski definition) is 2. The molecule has 20 heavy (non-hydrogen) atoms. The van der Waals surface area contributed by atoms with Gasteiger partial charge < -0.3 is 15.2 Å². The minimum atomic E-state index is -0.305. The molecule has 0 unspecified atom stereocenters. The lowest BCUT2D eigenvalue weighted by Crippen LogP contribution is -2.36. The highest BCUT2D eigenvalue weighted by Gasteiger charge is 2.17. The van der Waals surface area contributed by atoms with E-state index in [0.717, 1.165) is 5.56 Å². The first kappa shape index (κ1) is 16.7. The summed E-state index contributed by atoms with van der Waals surface area (Å²) in [6.07, 6.45) is 0.193. The molecule has 0 heterocycles. The minimum absolute atomic E-state index is 0.0404. The SMILES string of the molecule is CC(C)OCc1ccc(C(=O)NCC(C)(C)CO)cc1. The number of nitrogens with one attached hydrogen (secondary N) is 1. The van der Waals surface area contributed by atoms with Gasteiger partial charge in [0.05, 0.1) is 12.7 Å². The third-order valence-corrected chi connectivity index (χ3v) is 2.95. The minimum Gasteiger partial charge on any atom is -0.396 e. The van der Waals surface area contributed by atoms with E-state index in [4.69, 9.17) is 9.84 Å². The molecule has 0 spiro atoms. The Morgan fingerprint density at radius 3 is 2.40 bits per heavy atom. The molecule has 4 nitrogen and oxygen atoms in total. The van der Waals surface area contributed by atoms with Gasteiger partial charge in [-0.25, -0.2) is 0 Å². The molecule has 0 aromatic heterocycles. The lowest BCUT2D eigenvalue weighted by atomic mass is 9.95. The monoisotopic (exact) mass is 279 g/mol. The van der Waals surface area contributed by atoms with Crippen molar-refractivity contribution in [3.05, 3.63) is 35.4 Å². The smallest absolute Gasteiger partial charge is 0.251 e. The fourth-order valence-electron chi connectivity index (χ4n) is 1.49. The summed E-state index contributed by atoms with van der Waals surface area (Å²) in [4.78, 5) is 12.0. The number of carbonyl (C=O) groups is 1. The summed E-state index contributed by atoms with van der Waals surface area (Å²) < 4.78 is 5.51. The highest BCUT2D eigenvalue weighted by Crippen LogP contribution is 2.12. The van der Waals surface area contributed by atoms with E-state index in [0.29, 0.717) is 18.7 Å². The maximum atomic E-state index is 12.0. The van der Waals surface area contributed by atoms with Crippen LogP contribution in [0.4, 0.5) is 0 Å². The van der Waals surface area contributed by atoms with Gasteiger partial charge in [-0.05, 0) is 31.5 Å². The van der Waals surface area contributed by atoms with Gasteiger partial charge in [-0.15, -0.1) is 0 Å². The maximum Gasteiger partial charge on any atom is 0.251 e. The maximum absolute atomic E-state index is 12.0. The Balaban J connectivity index is 2.53. The molecule has 0 atom stereocenters. The van der Waals surface area contributed by atoms with Crippen LogP contribution in [-0.4, -0.2) is 30.3 Å². The summed E-state index contributed by atoms with van der Waals surface area (Å²) in [7, 11) is 0. The third kappa shape index (κ3) is 5.72. The van der Waals surface area contributed by atoms with Gasteiger partial charge in [0.2, 0.25) is 0 Å². The number of ether oxygens (including phenoxy) is 1. The first-order valence-corrected chi connectivity index (χ1v) is 6.94. The van der Waals surface area contributed by atoms with E-state index in [1.54, 1.807) is 12.1 Å². The molecular formula is C16H25NO3. The number of hydrogen-bond acceptors (Lipinski definition) is 3. The predicted molar refractivity (Wildman–Crippen MR) is 79.6 cm³/mol. The van der Waals surface area contributed by atoms with Crippen LogP contribution < -0.4 is 5.32 Å². The molecule has 0 saturated carbocycles. The van der Waals surface area contributed by atoms with Crippen molar-refractivity contribution in [2.45, 2.75) is 40.4 Å². The first-order chi connectivity index (χ1) is 9.34. The molecule has 1 aromatic rings. The highest BCUT2D eigenvalue weighted by atomic mass is 16.5. The van der Waals surface area contributed by atoms with Crippen LogP contribution in [0.3, 0.4) is 0 Å². The number of rotatable bonds is 7. The number of aliphatic hydroxyl groups excluding tert-OH is 1. The van der Waals surface area contributed by atoms with Gasteiger partial charge in [0, 0.05) is 24.1 Å². The molecule has 1 aromatic carbocycles. The Labute approximate surface area is 121 Å². The van der Waals surface area contributed by atoms with Gasteiger partial charge >= 0.3 is 0 Å². The van der Waals surface area contributed by atoms with Gasteiger partial charge in [-0.1, -0.05) is 26.0 Å². The fraction of sp³-hybridized carbons (Fsp3) is 0.562. The Morgan fingerprint density at radius 2 is 1.90 bits per heavy atom. The summed E-state index contributed by atoms with van der Waals surface area (Å²) in [5.41, 5.74) is 1.36. The van der Waals surface area contributed by atoms with Crippen molar-refractivity contribution in [1.29, 1.82) is 0 Å². The Bertz CT molecular complexity index is 424. The van der Waals surface area contributed by atoms with Crippen LogP contribution in [0.5, 0.6) is 0 Å². The molecular weight excluding hydrogens is 254 g/mol. The van der Waals surface area contributed by atoms with Crippen molar-refractivity contribution in [1.82, 2.24) is 5.32 Å². The summed E-state index contributed by atoms with van der Waals surface area (Å²) in [5.74, 6) is -0.122. The average molecular weight is 279 g/mol. The number of benzene rings is 1. The van der Waals surface area contributed by atoms with Gasteiger partial charge in [0.15, 0.2) is 0 Å². The van der Waals surface area contributed by atoms with Crippen molar-refractivity contribution in [3.8, 4) is 0 Å². The van der Waals surface area contributed by atoms with Crippen molar-refractivity contribution in [2.75, 3.05) is 13.2 Å². The summed E-state index contributed by atoms with van der Waals surface area (Å²) >= 11 is 0. The summed E-state index contributed by atoms with van der Waals surface area (Å²) in [5, 5.41) is 12.0.